The Morgan fingerprint density at radius 3 is 2.63 bits per heavy atom. The van der Waals surface area contributed by atoms with Gasteiger partial charge in [-0.2, -0.15) is 0 Å². The Morgan fingerprint density at radius 1 is 1.14 bits per heavy atom. The summed E-state index contributed by atoms with van der Waals surface area (Å²) < 4.78 is 2.42. The van der Waals surface area contributed by atoms with Crippen LogP contribution in [-0.2, 0) is 11.2 Å². The van der Waals surface area contributed by atoms with Crippen molar-refractivity contribution in [2.24, 2.45) is 11.8 Å². The highest BCUT2D eigenvalue weighted by Crippen LogP contribution is 2.37. The number of nitrogens with zero attached hydrogens (tertiary/aromatic N) is 2. The van der Waals surface area contributed by atoms with Gasteiger partial charge in [-0.25, -0.2) is 9.78 Å². The van der Waals surface area contributed by atoms with Crippen LogP contribution in [0.25, 0.3) is 11.0 Å². The molecule has 1 amide bonds. The Morgan fingerprint density at radius 2 is 1.91 bits per heavy atom. The first-order chi connectivity index (χ1) is 17.0. The molecule has 0 radical (unpaired) electrons. The van der Waals surface area contributed by atoms with Gasteiger partial charge in [0.25, 0.3) is 5.91 Å². The highest BCUT2D eigenvalue weighted by molar-refractivity contribution is 7.09. The third-order valence-corrected chi connectivity index (χ3v) is 8.86. The van der Waals surface area contributed by atoms with Gasteiger partial charge in [-0.15, -0.1) is 11.3 Å². The number of hydrogen-bond donors (Lipinski definition) is 2. The first-order valence-corrected chi connectivity index (χ1v) is 13.9. The van der Waals surface area contributed by atoms with E-state index in [1.54, 1.807) is 11.3 Å². The van der Waals surface area contributed by atoms with Crippen molar-refractivity contribution < 1.29 is 14.7 Å². The lowest BCUT2D eigenvalue weighted by atomic mass is 9.85. The smallest absolute Gasteiger partial charge is 0.326 e. The molecule has 3 atom stereocenters. The lowest BCUT2D eigenvalue weighted by Crippen LogP contribution is -2.41. The number of thiophene rings is 1. The molecule has 2 unspecified atom stereocenters. The maximum absolute atomic E-state index is 13.1. The molecule has 5 rings (SSSR count). The zero-order valence-electron chi connectivity index (χ0n) is 20.4. The molecule has 2 aromatic heterocycles. The Bertz CT molecular complexity index is 1180. The maximum Gasteiger partial charge on any atom is 0.326 e. The molecule has 2 aliphatic carbocycles. The molecule has 6 nitrogen and oxygen atoms in total. The van der Waals surface area contributed by atoms with Crippen LogP contribution in [0.5, 0.6) is 0 Å². The number of rotatable bonds is 8. The van der Waals surface area contributed by atoms with Crippen molar-refractivity contribution in [3.63, 3.8) is 0 Å². The van der Waals surface area contributed by atoms with E-state index in [1.165, 1.54) is 24.1 Å². The predicted molar refractivity (Wildman–Crippen MR) is 139 cm³/mol. The average molecular weight is 494 g/mol. The molecule has 7 heteroatoms. The van der Waals surface area contributed by atoms with Gasteiger partial charge in [0.05, 0.1) is 11.0 Å². The van der Waals surface area contributed by atoms with Crippen LogP contribution >= 0.6 is 11.3 Å². The van der Waals surface area contributed by atoms with Crippen LogP contribution in [0.4, 0.5) is 0 Å². The second kappa shape index (κ2) is 10.5. The van der Waals surface area contributed by atoms with E-state index in [9.17, 15) is 14.7 Å². The Kier molecular flexibility index (Phi) is 7.23. The lowest BCUT2D eigenvalue weighted by Gasteiger charge is -2.31. The summed E-state index contributed by atoms with van der Waals surface area (Å²) in [5, 5.41) is 14.6. The SMILES string of the molecule is C[C@@H]1CCCCC1n1c(Cc2cccs2)nc2cc(C(=O)NC(CC3CCCC3)C(=O)O)ccc21. The number of benzene rings is 1. The van der Waals surface area contributed by atoms with Gasteiger partial charge >= 0.3 is 5.97 Å². The maximum atomic E-state index is 13.1. The van der Waals surface area contributed by atoms with E-state index in [4.69, 9.17) is 4.98 Å². The highest BCUT2D eigenvalue weighted by Gasteiger charge is 2.29. The van der Waals surface area contributed by atoms with Crippen LogP contribution in [-0.4, -0.2) is 32.6 Å². The van der Waals surface area contributed by atoms with Crippen molar-refractivity contribution in [3.8, 4) is 0 Å². The average Bonchev–Trinajstić information content (AvgIpc) is 3.60. The number of carboxylic acid groups (broad SMARTS) is 1. The van der Waals surface area contributed by atoms with Crippen molar-refractivity contribution in [2.75, 3.05) is 0 Å². The minimum Gasteiger partial charge on any atom is -0.480 e. The zero-order valence-corrected chi connectivity index (χ0v) is 21.2. The summed E-state index contributed by atoms with van der Waals surface area (Å²) >= 11 is 1.74. The lowest BCUT2D eigenvalue weighted by molar-refractivity contribution is -0.139. The molecule has 0 spiro atoms. The zero-order chi connectivity index (χ0) is 24.4. The highest BCUT2D eigenvalue weighted by atomic mass is 32.1. The van der Waals surface area contributed by atoms with Crippen LogP contribution < -0.4 is 5.32 Å². The van der Waals surface area contributed by atoms with Gasteiger partial charge in [0.1, 0.15) is 11.9 Å². The van der Waals surface area contributed by atoms with Crippen molar-refractivity contribution in [3.05, 3.63) is 52.0 Å². The van der Waals surface area contributed by atoms with Gasteiger partial charge in [0.2, 0.25) is 0 Å². The summed E-state index contributed by atoms with van der Waals surface area (Å²) in [5.74, 6) is 0.714. The van der Waals surface area contributed by atoms with Crippen molar-refractivity contribution in [2.45, 2.75) is 83.2 Å². The van der Waals surface area contributed by atoms with E-state index in [0.717, 1.165) is 55.4 Å². The molecule has 0 bridgehead atoms. The Hall–Kier alpha value is -2.67. The number of aliphatic carboxylic acids is 1. The standard InChI is InChI=1S/C28H35N3O3S/c1-18-7-2-5-11-24(18)31-25-13-12-20(16-22(25)29-26(31)17-21-10-6-14-35-21)27(32)30-23(28(33)34)15-19-8-3-4-9-19/h6,10,12-14,16,18-19,23-24H,2-5,7-9,11,15,17H2,1H3,(H,30,32)(H,33,34)/t18-,23?,24?/m1/s1. The molecule has 0 aliphatic heterocycles. The second-order valence-corrected chi connectivity index (χ2v) is 11.5. The molecule has 0 saturated heterocycles. The Labute approximate surface area is 210 Å². The minimum atomic E-state index is -0.958. The first kappa shape index (κ1) is 24.0. The fourth-order valence-electron chi connectivity index (χ4n) is 6.08. The number of imidazole rings is 1. The van der Waals surface area contributed by atoms with Crippen molar-refractivity contribution >= 4 is 34.2 Å². The van der Waals surface area contributed by atoms with Crippen LogP contribution in [0, 0.1) is 11.8 Å². The molecule has 2 saturated carbocycles. The number of nitrogens with one attached hydrogen (secondary N) is 1. The molecule has 2 N–H and O–H groups in total. The number of carbonyl (C=O) groups excluding carboxylic acids is 1. The topological polar surface area (TPSA) is 84.2 Å². The number of fused-ring (bicyclic) bond motifs is 1. The van der Waals surface area contributed by atoms with E-state index < -0.39 is 12.0 Å². The van der Waals surface area contributed by atoms with Crippen LogP contribution in [0.2, 0.25) is 0 Å². The van der Waals surface area contributed by atoms with E-state index in [2.05, 4.69) is 34.3 Å². The summed E-state index contributed by atoms with van der Waals surface area (Å²) in [5.41, 5.74) is 2.34. The summed E-state index contributed by atoms with van der Waals surface area (Å²) in [6.45, 7) is 2.34. The monoisotopic (exact) mass is 493 g/mol. The molecule has 1 aromatic carbocycles. The first-order valence-electron chi connectivity index (χ1n) is 13.1. The van der Waals surface area contributed by atoms with Crippen LogP contribution in [0.3, 0.4) is 0 Å². The molecule has 35 heavy (non-hydrogen) atoms. The molecular formula is C28H35N3O3S. The number of aromatic nitrogens is 2. The Balaban J connectivity index is 1.43. The normalized spacial score (nSPS) is 21.9. The van der Waals surface area contributed by atoms with E-state index in [0.29, 0.717) is 29.9 Å². The van der Waals surface area contributed by atoms with Gasteiger partial charge in [0.15, 0.2) is 0 Å². The van der Waals surface area contributed by atoms with E-state index in [-0.39, 0.29) is 5.91 Å². The predicted octanol–water partition coefficient (Wildman–Crippen LogP) is 6.20. The third kappa shape index (κ3) is 5.30. The number of carboxylic acids is 1. The van der Waals surface area contributed by atoms with E-state index in [1.807, 2.05) is 18.2 Å². The molecular weight excluding hydrogens is 458 g/mol. The van der Waals surface area contributed by atoms with Gasteiger partial charge in [0, 0.05) is 22.9 Å². The molecule has 2 fully saturated rings. The fourth-order valence-corrected chi connectivity index (χ4v) is 6.78. The quantitative estimate of drug-likeness (QED) is 0.391. The van der Waals surface area contributed by atoms with Gasteiger partial charge < -0.3 is 15.0 Å². The minimum absolute atomic E-state index is 0.335. The second-order valence-electron chi connectivity index (χ2n) is 10.4. The summed E-state index contributed by atoms with van der Waals surface area (Å²) in [7, 11) is 0. The fraction of sp³-hybridized carbons (Fsp3) is 0.536. The van der Waals surface area contributed by atoms with Crippen LogP contribution in [0.15, 0.2) is 35.7 Å². The van der Waals surface area contributed by atoms with Gasteiger partial charge in [-0.05, 0) is 60.7 Å². The number of amides is 1. The summed E-state index contributed by atoms with van der Waals surface area (Å²) in [6, 6.07) is 9.44. The van der Waals surface area contributed by atoms with Crippen molar-refractivity contribution in [1.82, 2.24) is 14.9 Å². The molecule has 2 heterocycles. The largest absolute Gasteiger partial charge is 0.480 e. The van der Waals surface area contributed by atoms with Gasteiger partial charge in [-0.3, -0.25) is 4.79 Å². The summed E-state index contributed by atoms with van der Waals surface area (Å²) in [4.78, 5) is 31.2. The summed E-state index contributed by atoms with van der Waals surface area (Å²) in [6.07, 6.45) is 10.6. The van der Waals surface area contributed by atoms with E-state index >= 15 is 0 Å². The van der Waals surface area contributed by atoms with Crippen LogP contribution in [0.1, 0.15) is 91.8 Å². The third-order valence-electron chi connectivity index (χ3n) is 7.98. The number of hydrogen-bond acceptors (Lipinski definition) is 4. The van der Waals surface area contributed by atoms with Crippen molar-refractivity contribution in [1.29, 1.82) is 0 Å². The molecule has 2 aliphatic rings. The molecule has 186 valence electrons. The molecule has 3 aromatic rings. The van der Waals surface area contributed by atoms with Gasteiger partial charge in [-0.1, -0.05) is 51.5 Å². The number of carbonyl (C=O) groups is 2.